The Labute approximate surface area is 165 Å². The number of hydrogen-bond donors (Lipinski definition) is 2. The van der Waals surface area contributed by atoms with Crippen molar-refractivity contribution >= 4 is 11.7 Å². The molecule has 2 N–H and O–H groups in total. The summed E-state index contributed by atoms with van der Waals surface area (Å²) in [6.45, 7) is 0.912. The van der Waals surface area contributed by atoms with Crippen molar-refractivity contribution in [3.05, 3.63) is 35.7 Å². The molecule has 2 aromatic rings. The molecular formula is C21H28N4O3. The van der Waals surface area contributed by atoms with Crippen LogP contribution in [-0.2, 0) is 16.0 Å². The Morgan fingerprint density at radius 2 is 2.25 bits per heavy atom. The quantitative estimate of drug-likeness (QED) is 0.796. The van der Waals surface area contributed by atoms with Gasteiger partial charge in [0.2, 0.25) is 11.8 Å². The highest BCUT2D eigenvalue weighted by atomic mass is 16.5. The van der Waals surface area contributed by atoms with Crippen LogP contribution in [0.25, 0.3) is 0 Å². The predicted molar refractivity (Wildman–Crippen MR) is 105 cm³/mol. The van der Waals surface area contributed by atoms with Gasteiger partial charge in [-0.3, -0.25) is 9.89 Å². The molecule has 0 aromatic carbocycles. The molecule has 4 rings (SSSR count). The Morgan fingerprint density at radius 1 is 1.32 bits per heavy atom. The number of methoxy groups -OCH3 is 1. The summed E-state index contributed by atoms with van der Waals surface area (Å²) in [5.41, 5.74) is 1.96. The number of H-pyrrole nitrogens is 1. The Kier molecular flexibility index (Phi) is 5.90. The van der Waals surface area contributed by atoms with Crippen LogP contribution >= 0.6 is 0 Å². The van der Waals surface area contributed by atoms with Gasteiger partial charge in [-0.2, -0.15) is 5.10 Å². The summed E-state index contributed by atoms with van der Waals surface area (Å²) in [5, 5.41) is 10.3. The number of rotatable bonds is 6. The number of nitrogens with zero attached hydrogens (tertiary/aromatic N) is 2. The lowest BCUT2D eigenvalue weighted by molar-refractivity contribution is -0.115. The van der Waals surface area contributed by atoms with Gasteiger partial charge in [-0.25, -0.2) is 4.98 Å². The second-order valence-corrected chi connectivity index (χ2v) is 7.82. The van der Waals surface area contributed by atoms with Crippen LogP contribution in [0.4, 0.5) is 5.82 Å². The number of aromatic amines is 1. The SMILES string of the molecule is COc1cc(CC(=O)Nc2cc([C@@H]3CC[C@H](C4CCCCO4)C3)[nH]n2)ccn1. The maximum absolute atomic E-state index is 12.3. The van der Waals surface area contributed by atoms with Crippen molar-refractivity contribution in [1.29, 1.82) is 0 Å². The first-order chi connectivity index (χ1) is 13.7. The molecule has 3 atom stereocenters. The maximum atomic E-state index is 12.3. The predicted octanol–water partition coefficient (Wildman–Crippen LogP) is 3.45. The molecule has 1 unspecified atom stereocenters. The fourth-order valence-electron chi connectivity index (χ4n) is 4.43. The van der Waals surface area contributed by atoms with Gasteiger partial charge in [0.05, 0.1) is 19.6 Å². The van der Waals surface area contributed by atoms with Crippen LogP contribution in [0, 0.1) is 5.92 Å². The number of nitrogens with one attached hydrogen (secondary N) is 2. The van der Waals surface area contributed by atoms with Gasteiger partial charge in [-0.05, 0) is 56.1 Å². The van der Waals surface area contributed by atoms with E-state index in [1.807, 2.05) is 12.1 Å². The molecule has 7 nitrogen and oxygen atoms in total. The molecule has 2 aromatic heterocycles. The van der Waals surface area contributed by atoms with E-state index >= 15 is 0 Å². The summed E-state index contributed by atoms with van der Waals surface area (Å²) in [4.78, 5) is 16.4. The van der Waals surface area contributed by atoms with E-state index in [1.165, 1.54) is 25.7 Å². The van der Waals surface area contributed by atoms with Crippen LogP contribution in [0.2, 0.25) is 0 Å². The van der Waals surface area contributed by atoms with Crippen LogP contribution in [0.15, 0.2) is 24.4 Å². The Balaban J connectivity index is 1.31. The number of carbonyl (C=O) groups is 1. The van der Waals surface area contributed by atoms with E-state index < -0.39 is 0 Å². The Hall–Kier alpha value is -2.41. The fourth-order valence-corrected chi connectivity index (χ4v) is 4.43. The normalized spacial score (nSPS) is 24.8. The van der Waals surface area contributed by atoms with E-state index in [-0.39, 0.29) is 12.3 Å². The number of aromatic nitrogens is 3. The van der Waals surface area contributed by atoms with Crippen molar-refractivity contribution < 1.29 is 14.3 Å². The lowest BCUT2D eigenvalue weighted by Crippen LogP contribution is -2.26. The van der Waals surface area contributed by atoms with E-state index in [0.29, 0.717) is 29.6 Å². The molecule has 150 valence electrons. The van der Waals surface area contributed by atoms with Crippen LogP contribution < -0.4 is 10.1 Å². The van der Waals surface area contributed by atoms with Gasteiger partial charge in [-0.15, -0.1) is 0 Å². The molecule has 1 aliphatic heterocycles. The molecule has 2 aliphatic rings. The fraction of sp³-hybridized carbons (Fsp3) is 0.571. The summed E-state index contributed by atoms with van der Waals surface area (Å²) in [5.74, 6) is 2.10. The number of ether oxygens (including phenoxy) is 2. The minimum atomic E-state index is -0.105. The molecule has 0 spiro atoms. The minimum Gasteiger partial charge on any atom is -0.481 e. The lowest BCUT2D eigenvalue weighted by Gasteiger charge is -2.27. The van der Waals surface area contributed by atoms with Crippen LogP contribution in [0.5, 0.6) is 5.88 Å². The molecule has 1 aliphatic carbocycles. The van der Waals surface area contributed by atoms with Gasteiger partial charge < -0.3 is 14.8 Å². The molecule has 1 saturated carbocycles. The van der Waals surface area contributed by atoms with Gasteiger partial charge in [-0.1, -0.05) is 0 Å². The van der Waals surface area contributed by atoms with Gasteiger partial charge in [0.25, 0.3) is 0 Å². The molecular weight excluding hydrogens is 356 g/mol. The molecule has 3 heterocycles. The van der Waals surface area contributed by atoms with Crippen LogP contribution in [0.3, 0.4) is 0 Å². The number of pyridine rings is 1. The first kappa shape index (κ1) is 18.9. The monoisotopic (exact) mass is 384 g/mol. The summed E-state index contributed by atoms with van der Waals surface area (Å²) in [6, 6.07) is 5.55. The molecule has 1 saturated heterocycles. The largest absolute Gasteiger partial charge is 0.481 e. The molecule has 1 amide bonds. The highest BCUT2D eigenvalue weighted by Gasteiger charge is 2.33. The molecule has 0 bridgehead atoms. The van der Waals surface area contributed by atoms with Gasteiger partial charge in [0, 0.05) is 36.5 Å². The van der Waals surface area contributed by atoms with E-state index in [2.05, 4.69) is 20.5 Å². The first-order valence-electron chi connectivity index (χ1n) is 10.2. The lowest BCUT2D eigenvalue weighted by atomic mass is 9.93. The second kappa shape index (κ2) is 8.73. The van der Waals surface area contributed by atoms with Crippen LogP contribution in [-0.4, -0.2) is 40.9 Å². The summed E-state index contributed by atoms with van der Waals surface area (Å²) in [7, 11) is 1.56. The molecule has 28 heavy (non-hydrogen) atoms. The van der Waals surface area contributed by atoms with Crippen molar-refractivity contribution in [2.75, 3.05) is 19.0 Å². The highest BCUT2D eigenvalue weighted by molar-refractivity contribution is 5.91. The van der Waals surface area contributed by atoms with E-state index in [9.17, 15) is 4.79 Å². The zero-order valence-corrected chi connectivity index (χ0v) is 16.3. The third kappa shape index (κ3) is 4.52. The summed E-state index contributed by atoms with van der Waals surface area (Å²) < 4.78 is 11.1. The number of amides is 1. The van der Waals surface area contributed by atoms with Gasteiger partial charge >= 0.3 is 0 Å². The molecule has 2 fully saturated rings. The van der Waals surface area contributed by atoms with Crippen molar-refractivity contribution in [2.45, 2.75) is 57.0 Å². The topological polar surface area (TPSA) is 89.1 Å². The third-order valence-electron chi connectivity index (χ3n) is 5.89. The maximum Gasteiger partial charge on any atom is 0.229 e. The standard InChI is InChI=1S/C21H28N4O3/c1-27-21-11-14(7-8-22-21)10-20(26)23-19-13-17(24-25-19)15-5-6-16(12-15)18-4-2-3-9-28-18/h7-8,11,13,15-16,18H,2-6,9-10,12H2,1H3,(H2,23,24,25,26)/t15-,16+,18?/m1/s1. The van der Waals surface area contributed by atoms with Crippen molar-refractivity contribution in [3.8, 4) is 5.88 Å². The van der Waals surface area contributed by atoms with Crippen molar-refractivity contribution in [3.63, 3.8) is 0 Å². The molecule has 7 heteroatoms. The number of carbonyl (C=O) groups excluding carboxylic acids is 1. The number of hydrogen-bond acceptors (Lipinski definition) is 5. The third-order valence-corrected chi connectivity index (χ3v) is 5.89. The Morgan fingerprint density at radius 3 is 3.07 bits per heavy atom. The highest BCUT2D eigenvalue weighted by Crippen LogP contribution is 2.42. The number of anilines is 1. The van der Waals surface area contributed by atoms with E-state index in [4.69, 9.17) is 9.47 Å². The zero-order valence-electron chi connectivity index (χ0n) is 16.3. The van der Waals surface area contributed by atoms with Crippen molar-refractivity contribution in [2.24, 2.45) is 5.92 Å². The second-order valence-electron chi connectivity index (χ2n) is 7.82. The van der Waals surface area contributed by atoms with Gasteiger partial charge in [0.15, 0.2) is 5.82 Å². The smallest absolute Gasteiger partial charge is 0.229 e. The van der Waals surface area contributed by atoms with Crippen molar-refractivity contribution in [1.82, 2.24) is 15.2 Å². The van der Waals surface area contributed by atoms with Gasteiger partial charge in [0.1, 0.15) is 0 Å². The summed E-state index contributed by atoms with van der Waals surface area (Å²) in [6.07, 6.45) is 9.50. The zero-order chi connectivity index (χ0) is 19.3. The minimum absolute atomic E-state index is 0.105. The average Bonchev–Trinajstić information content (AvgIpc) is 3.38. The summed E-state index contributed by atoms with van der Waals surface area (Å²) >= 11 is 0. The van der Waals surface area contributed by atoms with E-state index in [1.54, 1.807) is 19.4 Å². The first-order valence-corrected chi connectivity index (χ1v) is 10.2. The average molecular weight is 384 g/mol. The van der Waals surface area contributed by atoms with Crippen LogP contribution in [0.1, 0.15) is 55.7 Å². The Bertz CT molecular complexity index is 800. The van der Waals surface area contributed by atoms with E-state index in [0.717, 1.165) is 30.7 Å². The molecule has 0 radical (unpaired) electrons.